The summed E-state index contributed by atoms with van der Waals surface area (Å²) in [6.45, 7) is 3.54. The maximum absolute atomic E-state index is 10.9. The van der Waals surface area contributed by atoms with E-state index in [1.807, 2.05) is 0 Å². The fraction of sp³-hybridized carbons (Fsp3) is 0.500. The van der Waals surface area contributed by atoms with Crippen LogP contribution in [0.4, 0.5) is 0 Å². The third-order valence-corrected chi connectivity index (χ3v) is 1.92. The molecule has 0 bridgehead atoms. The molecule has 0 spiro atoms. The molecule has 0 unspecified atom stereocenters. The van der Waals surface area contributed by atoms with Crippen molar-refractivity contribution in [3.05, 3.63) is 12.2 Å². The standard InChI is InChI=1S/C8H10O3/c1-5-6(8(10)11-2)3-4-7(5)9/h6H,1,3-4H2,2H3/t6-/m1/s1. The highest BCUT2D eigenvalue weighted by Crippen LogP contribution is 2.27. The second-order valence-corrected chi connectivity index (χ2v) is 2.56. The Morgan fingerprint density at radius 2 is 2.36 bits per heavy atom. The minimum Gasteiger partial charge on any atom is -0.469 e. The van der Waals surface area contributed by atoms with E-state index in [-0.39, 0.29) is 17.7 Å². The minimum absolute atomic E-state index is 0.0135. The number of ether oxygens (including phenoxy) is 1. The van der Waals surface area contributed by atoms with Crippen molar-refractivity contribution in [2.24, 2.45) is 5.92 Å². The van der Waals surface area contributed by atoms with Crippen LogP contribution in [0.3, 0.4) is 0 Å². The Hall–Kier alpha value is -1.12. The first-order valence-corrected chi connectivity index (χ1v) is 3.46. The van der Waals surface area contributed by atoms with Gasteiger partial charge in [-0.1, -0.05) is 6.58 Å². The van der Waals surface area contributed by atoms with E-state index in [1.165, 1.54) is 7.11 Å². The van der Waals surface area contributed by atoms with Crippen molar-refractivity contribution >= 4 is 11.8 Å². The number of ketones is 1. The fourth-order valence-electron chi connectivity index (χ4n) is 1.21. The highest BCUT2D eigenvalue weighted by Gasteiger charge is 2.32. The zero-order valence-electron chi connectivity index (χ0n) is 6.42. The molecule has 0 amide bonds. The van der Waals surface area contributed by atoms with Crippen LogP contribution in [-0.4, -0.2) is 18.9 Å². The molecule has 0 radical (unpaired) electrons. The molecule has 1 aliphatic rings. The maximum atomic E-state index is 10.9. The number of hydrogen-bond donors (Lipinski definition) is 0. The molecule has 3 heteroatoms. The van der Waals surface area contributed by atoms with Crippen LogP contribution in [0.15, 0.2) is 12.2 Å². The van der Waals surface area contributed by atoms with Crippen LogP contribution in [0.1, 0.15) is 12.8 Å². The molecule has 1 atom stereocenters. The molecule has 0 N–H and O–H groups in total. The highest BCUT2D eigenvalue weighted by atomic mass is 16.5. The first kappa shape index (κ1) is 7.98. The first-order valence-electron chi connectivity index (χ1n) is 3.46. The predicted octanol–water partition coefficient (Wildman–Crippen LogP) is 0.695. The zero-order valence-corrected chi connectivity index (χ0v) is 6.42. The Morgan fingerprint density at radius 3 is 2.73 bits per heavy atom. The molecular weight excluding hydrogens is 144 g/mol. The number of carbonyl (C=O) groups is 2. The largest absolute Gasteiger partial charge is 0.469 e. The molecule has 3 nitrogen and oxygen atoms in total. The van der Waals surface area contributed by atoms with E-state index in [0.29, 0.717) is 18.4 Å². The predicted molar refractivity (Wildman–Crippen MR) is 38.9 cm³/mol. The van der Waals surface area contributed by atoms with Gasteiger partial charge in [-0.25, -0.2) is 0 Å². The van der Waals surface area contributed by atoms with Gasteiger partial charge in [0.15, 0.2) is 5.78 Å². The lowest BCUT2D eigenvalue weighted by Gasteiger charge is -2.05. The molecule has 1 aliphatic carbocycles. The molecule has 60 valence electrons. The van der Waals surface area contributed by atoms with Crippen LogP contribution in [0.25, 0.3) is 0 Å². The Kier molecular flexibility index (Phi) is 2.08. The van der Waals surface area contributed by atoms with E-state index < -0.39 is 0 Å². The Bertz CT molecular complexity index is 217. The quantitative estimate of drug-likeness (QED) is 0.412. The maximum Gasteiger partial charge on any atom is 0.313 e. The molecule has 0 aromatic carbocycles. The minimum atomic E-state index is -0.382. The normalized spacial score (nSPS) is 23.9. The van der Waals surface area contributed by atoms with Gasteiger partial charge in [0, 0.05) is 12.0 Å². The summed E-state index contributed by atoms with van der Waals surface area (Å²) in [5, 5.41) is 0. The summed E-state index contributed by atoms with van der Waals surface area (Å²) in [5.41, 5.74) is 0.400. The van der Waals surface area contributed by atoms with Crippen LogP contribution >= 0.6 is 0 Å². The van der Waals surface area contributed by atoms with Gasteiger partial charge in [0.25, 0.3) is 0 Å². The summed E-state index contributed by atoms with van der Waals surface area (Å²) in [6, 6.07) is 0. The van der Waals surface area contributed by atoms with E-state index in [1.54, 1.807) is 0 Å². The SMILES string of the molecule is C=C1C(=O)CC[C@H]1C(=O)OC. The van der Waals surface area contributed by atoms with Crippen molar-refractivity contribution in [2.45, 2.75) is 12.8 Å². The van der Waals surface area contributed by atoms with E-state index in [0.717, 1.165) is 0 Å². The van der Waals surface area contributed by atoms with Crippen LogP contribution in [-0.2, 0) is 14.3 Å². The Morgan fingerprint density at radius 1 is 1.73 bits per heavy atom. The van der Waals surface area contributed by atoms with E-state index in [2.05, 4.69) is 11.3 Å². The summed E-state index contributed by atoms with van der Waals surface area (Å²) >= 11 is 0. The van der Waals surface area contributed by atoms with Gasteiger partial charge in [0.05, 0.1) is 13.0 Å². The van der Waals surface area contributed by atoms with Gasteiger partial charge in [-0.05, 0) is 6.42 Å². The summed E-state index contributed by atoms with van der Waals surface area (Å²) < 4.78 is 4.50. The molecule has 0 aromatic rings. The summed E-state index contributed by atoms with van der Waals surface area (Å²) in [5.74, 6) is -0.742. The van der Waals surface area contributed by atoms with Gasteiger partial charge in [0.2, 0.25) is 0 Å². The van der Waals surface area contributed by atoms with Gasteiger partial charge < -0.3 is 4.74 Å². The van der Waals surface area contributed by atoms with Gasteiger partial charge in [-0.15, -0.1) is 0 Å². The number of Topliss-reactive ketones (excluding diaryl/α,β-unsaturated/α-hetero) is 1. The fourth-order valence-corrected chi connectivity index (χ4v) is 1.21. The van der Waals surface area contributed by atoms with Crippen LogP contribution in [0.5, 0.6) is 0 Å². The van der Waals surface area contributed by atoms with Crippen LogP contribution in [0, 0.1) is 5.92 Å². The zero-order chi connectivity index (χ0) is 8.43. The Balaban J connectivity index is 2.69. The molecular formula is C8H10O3. The van der Waals surface area contributed by atoms with Crippen LogP contribution < -0.4 is 0 Å². The third-order valence-electron chi connectivity index (χ3n) is 1.92. The third kappa shape index (κ3) is 1.31. The lowest BCUT2D eigenvalue weighted by atomic mass is 10.1. The van der Waals surface area contributed by atoms with Gasteiger partial charge in [-0.3, -0.25) is 9.59 Å². The van der Waals surface area contributed by atoms with Crippen LogP contribution in [0.2, 0.25) is 0 Å². The molecule has 1 saturated carbocycles. The van der Waals surface area contributed by atoms with Gasteiger partial charge in [0.1, 0.15) is 0 Å². The smallest absolute Gasteiger partial charge is 0.313 e. The molecule has 1 rings (SSSR count). The van der Waals surface area contributed by atoms with Gasteiger partial charge >= 0.3 is 5.97 Å². The summed E-state index contributed by atoms with van der Waals surface area (Å²) in [7, 11) is 1.32. The monoisotopic (exact) mass is 154 g/mol. The number of carbonyl (C=O) groups excluding carboxylic acids is 2. The summed E-state index contributed by atoms with van der Waals surface area (Å²) in [6.07, 6.45) is 0.989. The second kappa shape index (κ2) is 2.86. The molecule has 0 saturated heterocycles. The van der Waals surface area contributed by atoms with Crippen molar-refractivity contribution in [3.63, 3.8) is 0 Å². The number of methoxy groups -OCH3 is 1. The molecule has 0 heterocycles. The molecule has 11 heavy (non-hydrogen) atoms. The van der Waals surface area contributed by atoms with Crippen molar-refractivity contribution in [1.29, 1.82) is 0 Å². The van der Waals surface area contributed by atoms with E-state index in [9.17, 15) is 9.59 Å². The summed E-state index contributed by atoms with van der Waals surface area (Å²) in [4.78, 5) is 21.8. The number of rotatable bonds is 1. The van der Waals surface area contributed by atoms with Crippen molar-refractivity contribution < 1.29 is 14.3 Å². The topological polar surface area (TPSA) is 43.4 Å². The highest BCUT2D eigenvalue weighted by molar-refractivity contribution is 6.02. The molecule has 1 fully saturated rings. The lowest BCUT2D eigenvalue weighted by Crippen LogP contribution is -2.14. The first-order chi connectivity index (χ1) is 5.16. The lowest BCUT2D eigenvalue weighted by molar-refractivity contribution is -0.144. The van der Waals surface area contributed by atoms with Gasteiger partial charge in [-0.2, -0.15) is 0 Å². The van der Waals surface area contributed by atoms with Crippen molar-refractivity contribution in [1.82, 2.24) is 0 Å². The molecule has 0 aliphatic heterocycles. The average molecular weight is 154 g/mol. The second-order valence-electron chi connectivity index (χ2n) is 2.56. The number of hydrogen-bond acceptors (Lipinski definition) is 3. The van der Waals surface area contributed by atoms with E-state index >= 15 is 0 Å². The van der Waals surface area contributed by atoms with E-state index in [4.69, 9.17) is 0 Å². The average Bonchev–Trinajstić information content (AvgIpc) is 2.32. The van der Waals surface area contributed by atoms with Crippen molar-refractivity contribution in [2.75, 3.05) is 7.11 Å². The Labute approximate surface area is 65.0 Å². The number of esters is 1. The van der Waals surface area contributed by atoms with Crippen molar-refractivity contribution in [3.8, 4) is 0 Å². The molecule has 0 aromatic heterocycles.